The van der Waals surface area contributed by atoms with Crippen molar-refractivity contribution in [2.45, 2.75) is 19.3 Å². The molecule has 1 unspecified atom stereocenters. The second-order valence-corrected chi connectivity index (χ2v) is 8.01. The number of hydrogen-bond donors (Lipinski definition) is 2. The number of hydrogen-bond acceptors (Lipinski definition) is 3. The number of rotatable bonds is 3. The maximum Gasteiger partial charge on any atom is 0.346 e. The minimum Gasteiger partial charge on any atom is -0.477 e. The smallest absolute Gasteiger partial charge is 0.346 e. The quantitative estimate of drug-likeness (QED) is 0.608. The van der Waals surface area contributed by atoms with Gasteiger partial charge < -0.3 is 10.4 Å². The molecule has 2 aromatic carbocycles. The van der Waals surface area contributed by atoms with Crippen LogP contribution in [0.3, 0.4) is 0 Å². The Morgan fingerprint density at radius 2 is 1.89 bits per heavy atom. The normalized spacial score (nSPS) is 15.9. The molecule has 0 radical (unpaired) electrons. The van der Waals surface area contributed by atoms with Crippen LogP contribution in [0.2, 0.25) is 5.02 Å². The summed E-state index contributed by atoms with van der Waals surface area (Å²) in [4.78, 5) is 25.5. The zero-order valence-corrected chi connectivity index (χ0v) is 16.0. The van der Waals surface area contributed by atoms with Crippen LogP contribution in [0, 0.1) is 6.92 Å². The lowest BCUT2D eigenvalue weighted by molar-refractivity contribution is -0.116. The summed E-state index contributed by atoms with van der Waals surface area (Å²) in [6.45, 7) is 2.01. The predicted octanol–water partition coefficient (Wildman–Crippen LogP) is 5.55. The highest BCUT2D eigenvalue weighted by molar-refractivity contribution is 7.15. The molecule has 6 heteroatoms. The Hall–Kier alpha value is -2.63. The number of carboxylic acids is 1. The van der Waals surface area contributed by atoms with E-state index in [1.165, 1.54) is 11.3 Å². The van der Waals surface area contributed by atoms with E-state index in [-0.39, 0.29) is 16.7 Å². The second kappa shape index (κ2) is 6.83. The molecule has 4 rings (SSSR count). The SMILES string of the molecule is Cc1ccccc1C1CC(=O)Nc2c1sc(C(=O)O)c2-c1ccc(Cl)cc1. The molecule has 1 aromatic heterocycles. The van der Waals surface area contributed by atoms with Crippen LogP contribution in [0.1, 0.15) is 38.0 Å². The van der Waals surface area contributed by atoms with E-state index in [2.05, 4.69) is 5.32 Å². The minimum absolute atomic E-state index is 0.110. The van der Waals surface area contributed by atoms with Crippen molar-refractivity contribution in [3.63, 3.8) is 0 Å². The molecule has 136 valence electrons. The molecule has 1 aliphatic heterocycles. The van der Waals surface area contributed by atoms with Gasteiger partial charge in [0.1, 0.15) is 4.88 Å². The molecule has 0 spiro atoms. The van der Waals surface area contributed by atoms with Gasteiger partial charge in [-0.2, -0.15) is 0 Å². The van der Waals surface area contributed by atoms with Crippen molar-refractivity contribution >= 4 is 40.5 Å². The van der Waals surface area contributed by atoms with Gasteiger partial charge in [-0.3, -0.25) is 4.79 Å². The number of halogens is 1. The van der Waals surface area contributed by atoms with Gasteiger partial charge in [0.2, 0.25) is 5.91 Å². The minimum atomic E-state index is -1.00. The van der Waals surface area contributed by atoms with Crippen LogP contribution in [0.5, 0.6) is 0 Å². The monoisotopic (exact) mass is 397 g/mol. The van der Waals surface area contributed by atoms with Crippen LogP contribution >= 0.6 is 22.9 Å². The molecule has 2 heterocycles. The van der Waals surface area contributed by atoms with E-state index in [0.29, 0.717) is 22.7 Å². The molecule has 0 saturated carbocycles. The number of carboxylic acid groups (broad SMARTS) is 1. The van der Waals surface area contributed by atoms with Gasteiger partial charge in [0.15, 0.2) is 0 Å². The molecule has 1 aliphatic rings. The lowest BCUT2D eigenvalue weighted by Gasteiger charge is -2.25. The number of aromatic carboxylic acids is 1. The third-order valence-electron chi connectivity index (χ3n) is 4.80. The molecule has 0 fully saturated rings. The molecule has 27 heavy (non-hydrogen) atoms. The van der Waals surface area contributed by atoms with Crippen molar-refractivity contribution in [3.05, 3.63) is 74.4 Å². The summed E-state index contributed by atoms with van der Waals surface area (Å²) in [5.74, 6) is -1.27. The summed E-state index contributed by atoms with van der Waals surface area (Å²) in [7, 11) is 0. The van der Waals surface area contributed by atoms with Crippen molar-refractivity contribution in [1.82, 2.24) is 0 Å². The number of anilines is 1. The van der Waals surface area contributed by atoms with Gasteiger partial charge in [-0.05, 0) is 35.7 Å². The zero-order valence-electron chi connectivity index (χ0n) is 14.5. The highest BCUT2D eigenvalue weighted by Gasteiger charge is 2.34. The average Bonchev–Trinajstić information content (AvgIpc) is 3.02. The Kier molecular flexibility index (Phi) is 4.50. The Morgan fingerprint density at radius 3 is 2.56 bits per heavy atom. The van der Waals surface area contributed by atoms with Gasteiger partial charge >= 0.3 is 5.97 Å². The van der Waals surface area contributed by atoms with Crippen molar-refractivity contribution in [2.24, 2.45) is 0 Å². The predicted molar refractivity (Wildman–Crippen MR) is 108 cm³/mol. The van der Waals surface area contributed by atoms with E-state index in [1.54, 1.807) is 24.3 Å². The van der Waals surface area contributed by atoms with Crippen LogP contribution < -0.4 is 5.32 Å². The number of amides is 1. The third kappa shape index (κ3) is 3.13. The lowest BCUT2D eigenvalue weighted by Crippen LogP contribution is -2.22. The van der Waals surface area contributed by atoms with Crippen molar-refractivity contribution < 1.29 is 14.7 Å². The number of aryl methyl sites for hydroxylation is 1. The van der Waals surface area contributed by atoms with E-state index in [0.717, 1.165) is 21.6 Å². The standard InChI is InChI=1S/C21H16ClNO3S/c1-11-4-2-3-5-14(11)15-10-16(24)23-18-17(12-6-8-13(22)9-7-12)20(21(25)26)27-19(15)18/h2-9,15H,10H2,1H3,(H,23,24)(H,25,26). The molecule has 0 aliphatic carbocycles. The first-order valence-electron chi connectivity index (χ1n) is 8.47. The number of thiophene rings is 1. The maximum atomic E-state index is 12.5. The molecular formula is C21H16ClNO3S. The van der Waals surface area contributed by atoms with Crippen LogP contribution in [0.4, 0.5) is 5.69 Å². The Balaban J connectivity index is 1.95. The molecule has 3 aromatic rings. The van der Waals surface area contributed by atoms with E-state index in [9.17, 15) is 14.7 Å². The first-order chi connectivity index (χ1) is 13.0. The highest BCUT2D eigenvalue weighted by Crippen LogP contribution is 2.49. The molecule has 0 bridgehead atoms. The fourth-order valence-corrected chi connectivity index (χ4v) is 4.92. The fourth-order valence-electron chi connectivity index (χ4n) is 3.56. The van der Waals surface area contributed by atoms with Crippen LogP contribution in [-0.4, -0.2) is 17.0 Å². The fraction of sp³-hybridized carbons (Fsp3) is 0.143. The van der Waals surface area contributed by atoms with Gasteiger partial charge in [0.25, 0.3) is 0 Å². The van der Waals surface area contributed by atoms with Crippen molar-refractivity contribution in [1.29, 1.82) is 0 Å². The Labute approximate surface area is 165 Å². The maximum absolute atomic E-state index is 12.5. The van der Waals surface area contributed by atoms with Crippen LogP contribution in [-0.2, 0) is 4.79 Å². The van der Waals surface area contributed by atoms with Gasteiger partial charge in [0, 0.05) is 27.8 Å². The first-order valence-corrected chi connectivity index (χ1v) is 9.66. The van der Waals surface area contributed by atoms with Gasteiger partial charge in [-0.1, -0.05) is 48.0 Å². The summed E-state index contributed by atoms with van der Waals surface area (Å²) in [5, 5.41) is 13.3. The van der Waals surface area contributed by atoms with Crippen molar-refractivity contribution in [3.8, 4) is 11.1 Å². The van der Waals surface area contributed by atoms with Gasteiger partial charge in [-0.25, -0.2) is 4.79 Å². The summed E-state index contributed by atoms with van der Waals surface area (Å²) in [5.41, 5.74) is 4.01. The summed E-state index contributed by atoms with van der Waals surface area (Å²) < 4.78 is 0. The number of benzene rings is 2. The average molecular weight is 398 g/mol. The zero-order chi connectivity index (χ0) is 19.1. The Morgan fingerprint density at radius 1 is 1.19 bits per heavy atom. The van der Waals surface area contributed by atoms with Crippen molar-refractivity contribution in [2.75, 3.05) is 5.32 Å². The molecule has 1 atom stereocenters. The third-order valence-corrected chi connectivity index (χ3v) is 6.34. The molecular weight excluding hydrogens is 382 g/mol. The van der Waals surface area contributed by atoms with Crippen LogP contribution in [0.15, 0.2) is 48.5 Å². The molecule has 1 amide bonds. The topological polar surface area (TPSA) is 66.4 Å². The number of fused-ring (bicyclic) bond motifs is 1. The molecule has 0 saturated heterocycles. The van der Waals surface area contributed by atoms with E-state index in [4.69, 9.17) is 11.6 Å². The Bertz CT molecular complexity index is 1060. The van der Waals surface area contributed by atoms with E-state index >= 15 is 0 Å². The molecule has 2 N–H and O–H groups in total. The van der Waals surface area contributed by atoms with Gasteiger partial charge in [0.05, 0.1) is 5.69 Å². The number of nitrogens with one attached hydrogen (secondary N) is 1. The largest absolute Gasteiger partial charge is 0.477 e. The first kappa shape index (κ1) is 17.8. The summed E-state index contributed by atoms with van der Waals surface area (Å²) in [6.07, 6.45) is 0.303. The highest BCUT2D eigenvalue weighted by atomic mass is 35.5. The number of carbonyl (C=O) groups is 2. The number of carbonyl (C=O) groups excluding carboxylic acids is 1. The summed E-state index contributed by atoms with van der Waals surface area (Å²) >= 11 is 7.21. The van der Waals surface area contributed by atoms with E-state index < -0.39 is 5.97 Å². The molecule has 4 nitrogen and oxygen atoms in total. The lowest BCUT2D eigenvalue weighted by atomic mass is 9.86. The van der Waals surface area contributed by atoms with Crippen LogP contribution in [0.25, 0.3) is 11.1 Å². The summed E-state index contributed by atoms with van der Waals surface area (Å²) in [6, 6.07) is 14.9. The van der Waals surface area contributed by atoms with E-state index in [1.807, 2.05) is 31.2 Å². The van der Waals surface area contributed by atoms with Gasteiger partial charge in [-0.15, -0.1) is 11.3 Å². The second-order valence-electron chi connectivity index (χ2n) is 6.52.